The molecule has 0 aliphatic rings. The summed E-state index contributed by atoms with van der Waals surface area (Å²) in [5, 5.41) is 4.37. The van der Waals surface area contributed by atoms with Crippen LogP contribution in [0.4, 0.5) is 10.1 Å². The van der Waals surface area contributed by atoms with E-state index in [9.17, 15) is 4.39 Å². The summed E-state index contributed by atoms with van der Waals surface area (Å²) in [6, 6.07) is 4.10. The largest absolute Gasteiger partial charge is 0.398 e. The molecule has 0 bridgehead atoms. The Morgan fingerprint density at radius 2 is 2.22 bits per heavy atom. The summed E-state index contributed by atoms with van der Waals surface area (Å²) in [7, 11) is 0. The Bertz CT molecular complexity index is 542. The smallest absolute Gasteiger partial charge is 0.260 e. The van der Waals surface area contributed by atoms with Crippen LogP contribution in [0, 0.1) is 5.82 Å². The first-order valence-corrected chi connectivity index (χ1v) is 6.60. The molecule has 2 rings (SSSR count). The van der Waals surface area contributed by atoms with Gasteiger partial charge in [-0.15, -0.1) is 0 Å². The predicted octanol–water partition coefficient (Wildman–Crippen LogP) is 3.10. The molecule has 1 heterocycles. The van der Waals surface area contributed by atoms with Crippen LogP contribution >= 0.6 is 11.8 Å². The highest BCUT2D eigenvalue weighted by atomic mass is 32.2. The maximum Gasteiger partial charge on any atom is 0.260 e. The minimum Gasteiger partial charge on any atom is -0.398 e. The fourth-order valence-electron chi connectivity index (χ4n) is 1.39. The van der Waals surface area contributed by atoms with E-state index in [1.807, 2.05) is 0 Å². The quantitative estimate of drug-likeness (QED) is 0.862. The van der Waals surface area contributed by atoms with Gasteiger partial charge in [0.1, 0.15) is 5.82 Å². The maximum atomic E-state index is 12.9. The molecule has 0 aliphatic heterocycles. The van der Waals surface area contributed by atoms with Crippen molar-refractivity contribution >= 4 is 17.4 Å². The molecule has 0 radical (unpaired) electrons. The second-order valence-electron chi connectivity index (χ2n) is 4.11. The van der Waals surface area contributed by atoms with Crippen molar-refractivity contribution in [3.63, 3.8) is 0 Å². The minimum absolute atomic E-state index is 0.293. The van der Waals surface area contributed by atoms with E-state index in [0.29, 0.717) is 34.0 Å². The summed E-state index contributed by atoms with van der Waals surface area (Å²) >= 11 is 1.72. The highest BCUT2D eigenvalue weighted by Crippen LogP contribution is 2.25. The minimum atomic E-state index is -0.383. The first-order chi connectivity index (χ1) is 8.56. The van der Waals surface area contributed by atoms with Crippen LogP contribution in [0.5, 0.6) is 0 Å². The van der Waals surface area contributed by atoms with Gasteiger partial charge in [0.2, 0.25) is 0 Å². The van der Waals surface area contributed by atoms with Crippen LogP contribution in [0.3, 0.4) is 0 Å². The van der Waals surface area contributed by atoms with Crippen molar-refractivity contribution in [3.8, 4) is 11.5 Å². The molecule has 0 saturated heterocycles. The van der Waals surface area contributed by atoms with Gasteiger partial charge in [-0.25, -0.2) is 4.39 Å². The van der Waals surface area contributed by atoms with Gasteiger partial charge in [0.25, 0.3) is 5.89 Å². The fourth-order valence-corrected chi connectivity index (χ4v) is 1.99. The third kappa shape index (κ3) is 3.01. The summed E-state index contributed by atoms with van der Waals surface area (Å²) in [6.45, 7) is 4.20. The number of halogens is 1. The predicted molar refractivity (Wildman–Crippen MR) is 70.5 cm³/mol. The molecule has 96 valence electrons. The molecule has 4 nitrogen and oxygen atoms in total. The summed E-state index contributed by atoms with van der Waals surface area (Å²) in [5.74, 6) is 1.24. The Morgan fingerprint density at radius 1 is 1.44 bits per heavy atom. The van der Waals surface area contributed by atoms with E-state index < -0.39 is 0 Å². The number of benzene rings is 1. The SMILES string of the molecule is CC(C)SCc1noc(-c2ccc(F)cc2N)n1. The second-order valence-corrected chi connectivity index (χ2v) is 5.67. The van der Waals surface area contributed by atoms with Gasteiger partial charge < -0.3 is 10.3 Å². The first-order valence-electron chi connectivity index (χ1n) is 5.56. The first kappa shape index (κ1) is 12.9. The van der Waals surface area contributed by atoms with Crippen LogP contribution < -0.4 is 5.73 Å². The molecule has 6 heteroatoms. The fraction of sp³-hybridized carbons (Fsp3) is 0.333. The van der Waals surface area contributed by atoms with Crippen LogP contribution in [-0.4, -0.2) is 15.4 Å². The number of nitrogens with two attached hydrogens (primary N) is 1. The van der Waals surface area contributed by atoms with Gasteiger partial charge in [-0.3, -0.25) is 0 Å². The van der Waals surface area contributed by atoms with Crippen LogP contribution in [0.1, 0.15) is 19.7 Å². The van der Waals surface area contributed by atoms with Crippen molar-refractivity contribution in [1.82, 2.24) is 10.1 Å². The molecule has 18 heavy (non-hydrogen) atoms. The molecule has 0 saturated carbocycles. The van der Waals surface area contributed by atoms with Gasteiger partial charge in [0, 0.05) is 5.69 Å². The average Bonchev–Trinajstić information content (AvgIpc) is 2.75. The molecular weight excluding hydrogens is 253 g/mol. The van der Waals surface area contributed by atoms with Gasteiger partial charge in [-0.1, -0.05) is 19.0 Å². The standard InChI is InChI=1S/C12H14FN3OS/c1-7(2)18-6-11-15-12(17-16-11)9-4-3-8(13)5-10(9)14/h3-5,7H,6,14H2,1-2H3. The zero-order chi connectivity index (χ0) is 13.1. The van der Waals surface area contributed by atoms with Crippen LogP contribution in [0.25, 0.3) is 11.5 Å². The van der Waals surface area contributed by atoms with Crippen molar-refractivity contribution < 1.29 is 8.91 Å². The van der Waals surface area contributed by atoms with Crippen LogP contribution in [0.2, 0.25) is 0 Å². The van der Waals surface area contributed by atoms with Gasteiger partial charge in [-0.05, 0) is 23.4 Å². The van der Waals surface area contributed by atoms with E-state index in [2.05, 4.69) is 24.0 Å². The van der Waals surface area contributed by atoms with Crippen molar-refractivity contribution in [3.05, 3.63) is 29.8 Å². The maximum absolute atomic E-state index is 12.9. The van der Waals surface area contributed by atoms with E-state index in [0.717, 1.165) is 0 Å². The van der Waals surface area contributed by atoms with E-state index in [4.69, 9.17) is 10.3 Å². The van der Waals surface area contributed by atoms with Gasteiger partial charge in [-0.2, -0.15) is 16.7 Å². The number of nitrogens with zero attached hydrogens (tertiary/aromatic N) is 2. The summed E-state index contributed by atoms with van der Waals surface area (Å²) < 4.78 is 18.1. The van der Waals surface area contributed by atoms with E-state index >= 15 is 0 Å². The molecule has 0 spiro atoms. The number of thioether (sulfide) groups is 1. The summed E-state index contributed by atoms with van der Waals surface area (Å²) in [5.41, 5.74) is 6.57. The second kappa shape index (κ2) is 5.39. The summed E-state index contributed by atoms with van der Waals surface area (Å²) in [4.78, 5) is 4.24. The highest BCUT2D eigenvalue weighted by molar-refractivity contribution is 7.99. The van der Waals surface area contributed by atoms with Gasteiger partial charge in [0.05, 0.1) is 11.3 Å². The molecule has 0 atom stereocenters. The molecule has 1 aromatic heterocycles. The van der Waals surface area contributed by atoms with E-state index in [1.165, 1.54) is 18.2 Å². The number of hydrogen-bond donors (Lipinski definition) is 1. The lowest BCUT2D eigenvalue weighted by atomic mass is 10.2. The lowest BCUT2D eigenvalue weighted by molar-refractivity contribution is 0.425. The average molecular weight is 267 g/mol. The van der Waals surface area contributed by atoms with Crippen molar-refractivity contribution in [2.24, 2.45) is 0 Å². The van der Waals surface area contributed by atoms with Crippen LogP contribution in [-0.2, 0) is 5.75 Å². The number of hydrogen-bond acceptors (Lipinski definition) is 5. The Hall–Kier alpha value is -1.56. The Morgan fingerprint density at radius 3 is 2.89 bits per heavy atom. The lowest BCUT2D eigenvalue weighted by Crippen LogP contribution is -1.93. The molecule has 2 aromatic rings. The number of nitrogen functional groups attached to an aromatic ring is 1. The highest BCUT2D eigenvalue weighted by Gasteiger charge is 2.12. The molecule has 0 amide bonds. The van der Waals surface area contributed by atoms with Crippen molar-refractivity contribution in [2.45, 2.75) is 24.9 Å². The zero-order valence-corrected chi connectivity index (χ0v) is 11.0. The lowest BCUT2D eigenvalue weighted by Gasteiger charge is -2.00. The molecule has 1 aromatic carbocycles. The third-order valence-electron chi connectivity index (χ3n) is 2.26. The topological polar surface area (TPSA) is 64.9 Å². The number of anilines is 1. The van der Waals surface area contributed by atoms with Crippen molar-refractivity contribution in [2.75, 3.05) is 5.73 Å². The van der Waals surface area contributed by atoms with Crippen molar-refractivity contribution in [1.29, 1.82) is 0 Å². The number of rotatable bonds is 4. The van der Waals surface area contributed by atoms with Gasteiger partial charge in [0.15, 0.2) is 5.82 Å². The Labute approximate surface area is 109 Å². The Kier molecular flexibility index (Phi) is 3.86. The van der Waals surface area contributed by atoms with Gasteiger partial charge >= 0.3 is 0 Å². The molecule has 2 N–H and O–H groups in total. The van der Waals surface area contributed by atoms with E-state index in [-0.39, 0.29) is 5.82 Å². The zero-order valence-electron chi connectivity index (χ0n) is 10.2. The normalized spacial score (nSPS) is 11.1. The summed E-state index contributed by atoms with van der Waals surface area (Å²) in [6.07, 6.45) is 0. The van der Waals surface area contributed by atoms with Crippen LogP contribution in [0.15, 0.2) is 22.7 Å². The Balaban J connectivity index is 2.18. The molecule has 0 fully saturated rings. The molecule has 0 unspecified atom stereocenters. The number of aromatic nitrogens is 2. The molecular formula is C12H14FN3OS. The third-order valence-corrected chi connectivity index (χ3v) is 3.35. The van der Waals surface area contributed by atoms with E-state index in [1.54, 1.807) is 11.8 Å². The monoisotopic (exact) mass is 267 g/mol. The molecule has 0 aliphatic carbocycles.